The van der Waals surface area contributed by atoms with Crippen LogP contribution >= 0.6 is 31.9 Å². The van der Waals surface area contributed by atoms with Crippen molar-refractivity contribution < 1.29 is 9.34 Å². The Hall–Kier alpha value is -2.85. The third-order valence-electron chi connectivity index (χ3n) is 4.03. The van der Waals surface area contributed by atoms with Crippen LogP contribution in [0.3, 0.4) is 0 Å². The number of nitrogens with zero attached hydrogens (tertiary/aromatic N) is 4. The maximum atomic E-state index is 12.5. The molecule has 0 aliphatic rings. The van der Waals surface area contributed by atoms with Gasteiger partial charge in [-0.05, 0) is 68.6 Å². The highest BCUT2D eigenvalue weighted by molar-refractivity contribution is 9.11. The summed E-state index contributed by atoms with van der Waals surface area (Å²) in [6.07, 6.45) is 3.05. The molecule has 0 aliphatic heterocycles. The fourth-order valence-corrected chi connectivity index (χ4v) is 3.95. The van der Waals surface area contributed by atoms with Crippen LogP contribution in [0.15, 0.2) is 60.9 Å². The van der Waals surface area contributed by atoms with E-state index < -0.39 is 10.5 Å². The van der Waals surface area contributed by atoms with Crippen molar-refractivity contribution in [2.24, 2.45) is 0 Å². The van der Waals surface area contributed by atoms with E-state index in [0.29, 0.717) is 25.5 Å². The molecule has 1 aromatic carbocycles. The summed E-state index contributed by atoms with van der Waals surface area (Å²) < 4.78 is 8.17. The number of hydrogen-bond donors (Lipinski definition) is 0. The molecule has 0 unspecified atom stereocenters. The van der Waals surface area contributed by atoms with Gasteiger partial charge in [0.2, 0.25) is 11.7 Å². The van der Waals surface area contributed by atoms with E-state index in [-0.39, 0.29) is 17.4 Å². The number of hydrogen-bond acceptors (Lipinski definition) is 6. The molecule has 3 heterocycles. The van der Waals surface area contributed by atoms with Crippen molar-refractivity contribution >= 4 is 48.5 Å². The van der Waals surface area contributed by atoms with Crippen molar-refractivity contribution in [2.75, 3.05) is 0 Å². The highest BCUT2D eigenvalue weighted by Crippen LogP contribution is 2.31. The number of aromatic nitrogens is 3. The summed E-state index contributed by atoms with van der Waals surface area (Å²) in [6.45, 7) is 1.86. The zero-order chi connectivity index (χ0) is 20.0. The molecule has 0 atom stereocenters. The zero-order valence-electron chi connectivity index (χ0n) is 14.2. The molecule has 0 bridgehead atoms. The average molecular weight is 506 g/mol. The molecule has 10 heteroatoms. The molecule has 4 rings (SSSR count). The lowest BCUT2D eigenvalue weighted by molar-refractivity contribution is -0.384. The standard InChI is InChI=1S/C18H10Br2N4O4/c1-9-5-11-15(12(20)6-9)22-17(28-18(11)25)14-7-10(19)8-23(14)16-13(24(26)27)3-2-4-21-16/h2-8H,1H3. The Morgan fingerprint density at radius 2 is 2.04 bits per heavy atom. The van der Waals surface area contributed by atoms with Gasteiger partial charge in [0.1, 0.15) is 5.69 Å². The Labute approximate surface area is 174 Å². The highest BCUT2D eigenvalue weighted by Gasteiger charge is 2.22. The summed E-state index contributed by atoms with van der Waals surface area (Å²) in [4.78, 5) is 32.0. The van der Waals surface area contributed by atoms with Crippen molar-refractivity contribution in [3.05, 3.63) is 77.8 Å². The number of halogens is 2. The molecule has 0 saturated carbocycles. The molecule has 0 saturated heterocycles. The van der Waals surface area contributed by atoms with Gasteiger partial charge in [0.05, 0.1) is 15.8 Å². The lowest BCUT2D eigenvalue weighted by Gasteiger charge is -2.08. The van der Waals surface area contributed by atoms with Crippen molar-refractivity contribution in [1.29, 1.82) is 0 Å². The van der Waals surface area contributed by atoms with Gasteiger partial charge in [-0.2, -0.15) is 0 Å². The van der Waals surface area contributed by atoms with Gasteiger partial charge in [-0.25, -0.2) is 14.8 Å². The van der Waals surface area contributed by atoms with Crippen LogP contribution in [0.4, 0.5) is 5.69 Å². The molecule has 0 fully saturated rings. The summed E-state index contributed by atoms with van der Waals surface area (Å²) in [6, 6.07) is 8.02. The summed E-state index contributed by atoms with van der Waals surface area (Å²) >= 11 is 6.78. The molecule has 0 amide bonds. The number of fused-ring (bicyclic) bond motifs is 1. The van der Waals surface area contributed by atoms with Crippen molar-refractivity contribution in [1.82, 2.24) is 14.5 Å². The largest absolute Gasteiger partial charge is 0.401 e. The van der Waals surface area contributed by atoms with Crippen LogP contribution in [-0.2, 0) is 0 Å². The van der Waals surface area contributed by atoms with Gasteiger partial charge < -0.3 is 4.42 Å². The van der Waals surface area contributed by atoms with Gasteiger partial charge in [-0.1, -0.05) is 0 Å². The summed E-state index contributed by atoms with van der Waals surface area (Å²) in [7, 11) is 0. The molecular formula is C18H10Br2N4O4. The summed E-state index contributed by atoms with van der Waals surface area (Å²) in [5, 5.41) is 11.7. The smallest absolute Gasteiger partial charge is 0.347 e. The Balaban J connectivity index is 2.01. The van der Waals surface area contributed by atoms with E-state index in [1.165, 1.54) is 22.9 Å². The van der Waals surface area contributed by atoms with Gasteiger partial charge in [0.25, 0.3) is 0 Å². The highest BCUT2D eigenvalue weighted by atomic mass is 79.9. The molecule has 0 aliphatic carbocycles. The molecular weight excluding hydrogens is 496 g/mol. The van der Waals surface area contributed by atoms with Crippen molar-refractivity contribution in [2.45, 2.75) is 6.92 Å². The summed E-state index contributed by atoms with van der Waals surface area (Å²) in [5.41, 5.74) is 0.934. The first-order valence-electron chi connectivity index (χ1n) is 7.94. The first kappa shape index (κ1) is 18.5. The fraction of sp³-hybridized carbons (Fsp3) is 0.0556. The second-order valence-corrected chi connectivity index (χ2v) is 7.74. The second-order valence-electron chi connectivity index (χ2n) is 5.97. The first-order chi connectivity index (χ1) is 13.3. The van der Waals surface area contributed by atoms with Gasteiger partial charge in [-0.15, -0.1) is 0 Å². The Morgan fingerprint density at radius 1 is 1.25 bits per heavy atom. The minimum atomic E-state index is -0.552. The quantitative estimate of drug-likeness (QED) is 0.293. The van der Waals surface area contributed by atoms with Gasteiger partial charge >= 0.3 is 11.3 Å². The normalized spacial score (nSPS) is 11.1. The van der Waals surface area contributed by atoms with E-state index in [1.807, 2.05) is 13.0 Å². The van der Waals surface area contributed by atoms with Crippen LogP contribution in [-0.4, -0.2) is 19.5 Å². The lowest BCUT2D eigenvalue weighted by Crippen LogP contribution is -2.07. The number of aryl methyl sites for hydroxylation is 1. The van der Waals surface area contributed by atoms with E-state index in [9.17, 15) is 14.9 Å². The Bertz CT molecular complexity index is 1310. The Kier molecular flexibility index (Phi) is 4.60. The number of nitro groups is 1. The van der Waals surface area contributed by atoms with Crippen molar-refractivity contribution in [3.8, 4) is 17.4 Å². The molecule has 8 nitrogen and oxygen atoms in total. The summed E-state index contributed by atoms with van der Waals surface area (Å²) in [5.74, 6) is 0.105. The average Bonchev–Trinajstić information content (AvgIpc) is 3.04. The molecule has 3 aromatic heterocycles. The predicted molar refractivity (Wildman–Crippen MR) is 110 cm³/mol. The van der Waals surface area contributed by atoms with Crippen LogP contribution in [0.5, 0.6) is 0 Å². The maximum absolute atomic E-state index is 12.5. The lowest BCUT2D eigenvalue weighted by atomic mass is 10.2. The van der Waals surface area contributed by atoms with E-state index in [1.54, 1.807) is 18.3 Å². The van der Waals surface area contributed by atoms with Crippen LogP contribution < -0.4 is 5.63 Å². The third kappa shape index (κ3) is 3.14. The Morgan fingerprint density at radius 3 is 2.79 bits per heavy atom. The third-order valence-corrected chi connectivity index (χ3v) is 5.07. The fourth-order valence-electron chi connectivity index (χ4n) is 2.87. The SMILES string of the molecule is Cc1cc(Br)c2nc(-c3cc(Br)cn3-c3ncccc3[N+](=O)[O-])oc(=O)c2c1. The molecule has 4 aromatic rings. The molecule has 0 radical (unpaired) electrons. The van der Waals surface area contributed by atoms with E-state index in [2.05, 4.69) is 41.8 Å². The van der Waals surface area contributed by atoms with Gasteiger partial charge in [0, 0.05) is 27.4 Å². The first-order valence-corrected chi connectivity index (χ1v) is 9.53. The minimum Gasteiger partial charge on any atom is -0.401 e. The van der Waals surface area contributed by atoms with Gasteiger partial charge in [-0.3, -0.25) is 14.7 Å². The van der Waals surface area contributed by atoms with Crippen molar-refractivity contribution in [3.63, 3.8) is 0 Å². The van der Waals surface area contributed by atoms with Crippen LogP contribution in [0, 0.1) is 17.0 Å². The van der Waals surface area contributed by atoms with E-state index in [0.717, 1.165) is 5.56 Å². The van der Waals surface area contributed by atoms with Crippen LogP contribution in [0.1, 0.15) is 5.56 Å². The number of benzene rings is 1. The number of rotatable bonds is 3. The monoisotopic (exact) mass is 504 g/mol. The topological polar surface area (TPSA) is 104 Å². The molecule has 0 N–H and O–H groups in total. The van der Waals surface area contributed by atoms with Crippen LogP contribution in [0.25, 0.3) is 28.3 Å². The zero-order valence-corrected chi connectivity index (χ0v) is 17.4. The van der Waals surface area contributed by atoms with E-state index in [4.69, 9.17) is 4.42 Å². The molecule has 0 spiro atoms. The second kappa shape index (κ2) is 6.95. The molecule has 28 heavy (non-hydrogen) atoms. The molecule has 140 valence electrons. The number of pyridine rings is 1. The predicted octanol–water partition coefficient (Wildman–Crippen LogP) is 4.78. The van der Waals surface area contributed by atoms with E-state index >= 15 is 0 Å². The van der Waals surface area contributed by atoms with Gasteiger partial charge in [0.15, 0.2) is 0 Å². The maximum Gasteiger partial charge on any atom is 0.347 e. The van der Waals surface area contributed by atoms with Crippen LogP contribution in [0.2, 0.25) is 0 Å². The minimum absolute atomic E-state index is 0.0210.